The number of nitrogens with zero attached hydrogens (tertiary/aromatic N) is 1. The lowest BCUT2D eigenvalue weighted by Gasteiger charge is -2.29. The highest BCUT2D eigenvalue weighted by atomic mass is 35.5. The van der Waals surface area contributed by atoms with Crippen molar-refractivity contribution in [3.63, 3.8) is 0 Å². The first-order chi connectivity index (χ1) is 5.89. The van der Waals surface area contributed by atoms with Gasteiger partial charge in [0.05, 0.1) is 20.6 Å². The smallest absolute Gasteiger partial charge is 0.250 e. The van der Waals surface area contributed by atoms with Crippen LogP contribution in [-0.4, -0.2) is 37.7 Å². The number of halogens is 1. The molecule has 4 heteroatoms. The number of hydrogen-bond donors (Lipinski definition) is 1. The fraction of sp³-hybridized carbons (Fsp3) is 0.700. The van der Waals surface area contributed by atoms with E-state index in [0.29, 0.717) is 12.2 Å². The van der Waals surface area contributed by atoms with Crippen LogP contribution in [0.25, 0.3) is 0 Å². The molecule has 0 spiro atoms. The van der Waals surface area contributed by atoms with Gasteiger partial charge >= 0.3 is 0 Å². The molecule has 0 aromatic carbocycles. The van der Waals surface area contributed by atoms with E-state index < -0.39 is 0 Å². The zero-order valence-electron chi connectivity index (χ0n) is 9.56. The van der Waals surface area contributed by atoms with Gasteiger partial charge in [-0.25, -0.2) is 0 Å². The Morgan fingerprint density at radius 3 is 2.29 bits per heavy atom. The normalized spacial score (nSPS) is 10.3. The first kappa shape index (κ1) is 15.9. The fourth-order valence-electron chi connectivity index (χ4n) is 1.12. The summed E-state index contributed by atoms with van der Waals surface area (Å²) in [4.78, 5) is 11.2. The van der Waals surface area contributed by atoms with Crippen LogP contribution in [0.3, 0.4) is 0 Å². The van der Waals surface area contributed by atoms with Crippen molar-refractivity contribution < 1.29 is 21.7 Å². The SMILES string of the molecule is C=C(C)C(=O)NC[N+](C)(C)CCC.[Cl-]. The minimum Gasteiger partial charge on any atom is -1.00 e. The van der Waals surface area contributed by atoms with Crippen molar-refractivity contribution in [2.24, 2.45) is 0 Å². The molecule has 0 aliphatic heterocycles. The summed E-state index contributed by atoms with van der Waals surface area (Å²) in [5.41, 5.74) is 0.566. The summed E-state index contributed by atoms with van der Waals surface area (Å²) in [6, 6.07) is 0. The zero-order chi connectivity index (χ0) is 10.5. The van der Waals surface area contributed by atoms with Gasteiger partial charge in [-0.3, -0.25) is 4.79 Å². The highest BCUT2D eigenvalue weighted by Gasteiger charge is 2.14. The second-order valence-electron chi connectivity index (χ2n) is 4.10. The van der Waals surface area contributed by atoms with Crippen LogP contribution < -0.4 is 17.7 Å². The Balaban J connectivity index is 0. The zero-order valence-corrected chi connectivity index (χ0v) is 10.3. The molecular formula is C10H21ClN2O. The Labute approximate surface area is 93.2 Å². The number of quaternary nitrogens is 1. The number of carbonyl (C=O) groups is 1. The number of carbonyl (C=O) groups excluding carboxylic acids is 1. The van der Waals surface area contributed by atoms with Crippen molar-refractivity contribution in [2.45, 2.75) is 20.3 Å². The third-order valence-electron chi connectivity index (χ3n) is 1.88. The molecule has 0 rings (SSSR count). The molecule has 0 saturated heterocycles. The molecule has 0 saturated carbocycles. The van der Waals surface area contributed by atoms with Gasteiger partial charge < -0.3 is 22.2 Å². The highest BCUT2D eigenvalue weighted by molar-refractivity contribution is 5.91. The highest BCUT2D eigenvalue weighted by Crippen LogP contribution is 1.97. The van der Waals surface area contributed by atoms with Crippen molar-refractivity contribution in [3.05, 3.63) is 12.2 Å². The molecule has 14 heavy (non-hydrogen) atoms. The second-order valence-corrected chi connectivity index (χ2v) is 4.10. The van der Waals surface area contributed by atoms with Gasteiger partial charge in [0.25, 0.3) is 5.91 Å². The summed E-state index contributed by atoms with van der Waals surface area (Å²) in [7, 11) is 4.20. The van der Waals surface area contributed by atoms with E-state index in [-0.39, 0.29) is 18.3 Å². The second kappa shape index (κ2) is 6.85. The van der Waals surface area contributed by atoms with Crippen LogP contribution in [0.5, 0.6) is 0 Å². The van der Waals surface area contributed by atoms with Crippen LogP contribution in [0.2, 0.25) is 0 Å². The van der Waals surface area contributed by atoms with E-state index in [1.165, 1.54) is 0 Å². The average molecular weight is 221 g/mol. The molecule has 1 amide bonds. The Kier molecular flexibility index (Phi) is 7.78. The first-order valence-electron chi connectivity index (χ1n) is 4.65. The first-order valence-corrected chi connectivity index (χ1v) is 4.65. The van der Waals surface area contributed by atoms with Gasteiger partial charge in [0.15, 0.2) is 6.67 Å². The third-order valence-corrected chi connectivity index (χ3v) is 1.88. The Hall–Kier alpha value is -0.540. The van der Waals surface area contributed by atoms with E-state index in [9.17, 15) is 4.79 Å². The lowest BCUT2D eigenvalue weighted by atomic mass is 10.3. The summed E-state index contributed by atoms with van der Waals surface area (Å²) in [6.45, 7) is 9.17. The van der Waals surface area contributed by atoms with Crippen LogP contribution in [0.15, 0.2) is 12.2 Å². The molecule has 84 valence electrons. The number of rotatable bonds is 5. The fourth-order valence-corrected chi connectivity index (χ4v) is 1.12. The van der Waals surface area contributed by atoms with Gasteiger partial charge in [0.2, 0.25) is 0 Å². The summed E-state index contributed by atoms with van der Waals surface area (Å²) in [5.74, 6) is -0.0534. The predicted molar refractivity (Wildman–Crippen MR) is 55.1 cm³/mol. The maximum absolute atomic E-state index is 11.2. The van der Waals surface area contributed by atoms with E-state index in [1.807, 2.05) is 0 Å². The van der Waals surface area contributed by atoms with Crippen LogP contribution in [-0.2, 0) is 4.79 Å². The summed E-state index contributed by atoms with van der Waals surface area (Å²) >= 11 is 0. The summed E-state index contributed by atoms with van der Waals surface area (Å²) in [6.07, 6.45) is 1.12. The molecule has 0 aromatic heterocycles. The molecule has 0 fully saturated rings. The Morgan fingerprint density at radius 1 is 1.43 bits per heavy atom. The van der Waals surface area contributed by atoms with Gasteiger partial charge in [0, 0.05) is 5.57 Å². The lowest BCUT2D eigenvalue weighted by molar-refractivity contribution is -0.892. The lowest BCUT2D eigenvalue weighted by Crippen LogP contribution is -3.00. The predicted octanol–water partition coefficient (Wildman–Crippen LogP) is -1.87. The minimum absolute atomic E-state index is 0. The van der Waals surface area contributed by atoms with Gasteiger partial charge in [-0.05, 0) is 13.3 Å². The van der Waals surface area contributed by atoms with Crippen molar-refractivity contribution in [3.8, 4) is 0 Å². The molecule has 0 aliphatic carbocycles. The maximum atomic E-state index is 11.2. The third kappa shape index (κ3) is 6.92. The van der Waals surface area contributed by atoms with Gasteiger partial charge in [-0.1, -0.05) is 13.5 Å². The molecule has 0 unspecified atom stereocenters. The van der Waals surface area contributed by atoms with E-state index in [4.69, 9.17) is 0 Å². The van der Waals surface area contributed by atoms with E-state index in [0.717, 1.165) is 17.4 Å². The van der Waals surface area contributed by atoms with Crippen LogP contribution in [0, 0.1) is 0 Å². The van der Waals surface area contributed by atoms with Crippen LogP contribution >= 0.6 is 0 Å². The monoisotopic (exact) mass is 220 g/mol. The summed E-state index contributed by atoms with van der Waals surface area (Å²) in [5, 5.41) is 2.84. The molecule has 1 N–H and O–H groups in total. The number of nitrogens with one attached hydrogen (secondary N) is 1. The molecule has 3 nitrogen and oxygen atoms in total. The van der Waals surface area contributed by atoms with Crippen molar-refractivity contribution >= 4 is 5.91 Å². The number of amides is 1. The topological polar surface area (TPSA) is 29.1 Å². The van der Waals surface area contributed by atoms with Gasteiger partial charge in [-0.2, -0.15) is 0 Å². The molecule has 0 heterocycles. The van der Waals surface area contributed by atoms with Crippen LogP contribution in [0.4, 0.5) is 0 Å². The van der Waals surface area contributed by atoms with Crippen molar-refractivity contribution in [1.82, 2.24) is 5.32 Å². The quantitative estimate of drug-likeness (QED) is 0.328. The number of hydrogen-bond acceptors (Lipinski definition) is 1. The minimum atomic E-state index is -0.0534. The molecule has 0 radical (unpaired) electrons. The van der Waals surface area contributed by atoms with Gasteiger partial charge in [-0.15, -0.1) is 0 Å². The maximum Gasteiger partial charge on any atom is 0.250 e. The Bertz CT molecular complexity index is 202. The molecular weight excluding hydrogens is 200 g/mol. The van der Waals surface area contributed by atoms with Crippen molar-refractivity contribution in [2.75, 3.05) is 27.3 Å². The van der Waals surface area contributed by atoms with E-state index in [1.54, 1.807) is 6.92 Å². The molecule has 0 atom stereocenters. The Morgan fingerprint density at radius 2 is 1.93 bits per heavy atom. The van der Waals surface area contributed by atoms with Crippen LogP contribution in [0.1, 0.15) is 20.3 Å². The van der Waals surface area contributed by atoms with Gasteiger partial charge in [0.1, 0.15) is 0 Å². The molecule has 0 aromatic rings. The standard InChI is InChI=1S/C10H20N2O.ClH/c1-6-7-12(4,5)8-11-10(13)9(2)3;/h2,6-8H2,1,3-5H3;1H. The van der Waals surface area contributed by atoms with E-state index in [2.05, 4.69) is 32.9 Å². The van der Waals surface area contributed by atoms with E-state index >= 15 is 0 Å². The largest absolute Gasteiger partial charge is 1.00 e. The molecule has 0 aliphatic rings. The van der Waals surface area contributed by atoms with Crippen molar-refractivity contribution in [1.29, 1.82) is 0 Å². The average Bonchev–Trinajstić information content (AvgIpc) is 2.00. The molecule has 0 bridgehead atoms. The summed E-state index contributed by atoms with van der Waals surface area (Å²) < 4.78 is 0.815.